The molecular weight excluding hydrogens is 533 g/mol. The standard InChI is InChI=1S/C27H25F7N2O3/c1-14(16-9-17(26(29,30)31)11-18(10-16)27(32,33)34)39-23-13-36(12-20(23)15-3-5-19(28)6-4-15)21-7-8-22(37)24(21)25(38)35-2/h3-6,9-11,14,20,23H,7-8,12-13H2,1-2H3,(H,35,38)/t14?,20-,23+/m1/s1. The van der Waals surface area contributed by atoms with Crippen molar-refractivity contribution in [2.24, 2.45) is 0 Å². The van der Waals surface area contributed by atoms with Crippen molar-refractivity contribution in [1.29, 1.82) is 0 Å². The maximum atomic E-state index is 13.6. The van der Waals surface area contributed by atoms with Gasteiger partial charge >= 0.3 is 12.4 Å². The van der Waals surface area contributed by atoms with E-state index in [1.165, 1.54) is 38.2 Å². The number of halogens is 7. The lowest BCUT2D eigenvalue weighted by atomic mass is 9.95. The van der Waals surface area contributed by atoms with Gasteiger partial charge in [0.15, 0.2) is 5.78 Å². The number of ether oxygens (including phenoxy) is 1. The molecule has 1 amide bonds. The fraction of sp³-hybridized carbons (Fsp3) is 0.407. The Hall–Kier alpha value is -3.41. The van der Waals surface area contributed by atoms with E-state index in [2.05, 4.69) is 5.32 Å². The minimum atomic E-state index is -5.01. The van der Waals surface area contributed by atoms with Gasteiger partial charge in [-0.15, -0.1) is 0 Å². The minimum absolute atomic E-state index is 0.0109. The first kappa shape index (κ1) is 28.6. The quantitative estimate of drug-likeness (QED) is 0.361. The van der Waals surface area contributed by atoms with Crippen LogP contribution in [0.15, 0.2) is 53.7 Å². The summed E-state index contributed by atoms with van der Waals surface area (Å²) in [6.45, 7) is 1.71. The Balaban J connectivity index is 1.69. The molecule has 5 nitrogen and oxygen atoms in total. The van der Waals surface area contributed by atoms with E-state index in [9.17, 15) is 40.3 Å². The summed E-state index contributed by atoms with van der Waals surface area (Å²) in [5, 5.41) is 2.44. The normalized spacial score (nSPS) is 21.1. The summed E-state index contributed by atoms with van der Waals surface area (Å²) in [4.78, 5) is 26.5. The van der Waals surface area contributed by atoms with Crippen LogP contribution in [0.25, 0.3) is 0 Å². The fourth-order valence-electron chi connectivity index (χ4n) is 5.06. The van der Waals surface area contributed by atoms with Gasteiger partial charge in [0, 0.05) is 38.2 Å². The van der Waals surface area contributed by atoms with Gasteiger partial charge in [0.1, 0.15) is 11.4 Å². The van der Waals surface area contributed by atoms with Crippen molar-refractivity contribution >= 4 is 11.7 Å². The molecule has 2 aromatic carbocycles. The first-order chi connectivity index (χ1) is 18.2. The number of ketones is 1. The molecular formula is C27H25F7N2O3. The molecule has 3 atom stereocenters. The number of carbonyl (C=O) groups is 2. The molecule has 1 fully saturated rings. The number of alkyl halides is 6. The first-order valence-electron chi connectivity index (χ1n) is 12.1. The van der Waals surface area contributed by atoms with Crippen molar-refractivity contribution in [3.8, 4) is 0 Å². The maximum absolute atomic E-state index is 13.6. The van der Waals surface area contributed by atoms with Crippen LogP contribution in [-0.2, 0) is 26.7 Å². The number of hydrogen-bond acceptors (Lipinski definition) is 4. The van der Waals surface area contributed by atoms with Crippen molar-refractivity contribution in [3.63, 3.8) is 0 Å². The summed E-state index contributed by atoms with van der Waals surface area (Å²) in [6, 6.07) is 6.81. The largest absolute Gasteiger partial charge is 0.416 e. The molecule has 12 heteroatoms. The van der Waals surface area contributed by atoms with Crippen LogP contribution in [0.3, 0.4) is 0 Å². The number of likely N-dealkylation sites (tertiary alicyclic amines) is 1. The zero-order valence-electron chi connectivity index (χ0n) is 20.9. The van der Waals surface area contributed by atoms with Gasteiger partial charge in [-0.1, -0.05) is 12.1 Å². The van der Waals surface area contributed by atoms with Crippen LogP contribution in [0, 0.1) is 5.82 Å². The number of carbonyl (C=O) groups excluding carboxylic acids is 2. The molecule has 2 aliphatic rings. The molecule has 1 N–H and O–H groups in total. The van der Waals surface area contributed by atoms with Gasteiger partial charge in [-0.3, -0.25) is 9.59 Å². The summed E-state index contributed by atoms with van der Waals surface area (Å²) in [5.41, 5.74) is -2.08. The highest BCUT2D eigenvalue weighted by Crippen LogP contribution is 2.41. The molecule has 2 aromatic rings. The molecule has 1 saturated heterocycles. The van der Waals surface area contributed by atoms with Crippen molar-refractivity contribution in [1.82, 2.24) is 10.2 Å². The molecule has 0 bridgehead atoms. The van der Waals surface area contributed by atoms with Crippen LogP contribution in [0.5, 0.6) is 0 Å². The second-order valence-electron chi connectivity index (χ2n) is 9.54. The van der Waals surface area contributed by atoms with Gasteiger partial charge in [-0.25, -0.2) is 4.39 Å². The summed E-state index contributed by atoms with van der Waals surface area (Å²) in [6.07, 6.45) is -11.5. The van der Waals surface area contributed by atoms with Crippen LogP contribution >= 0.6 is 0 Å². The van der Waals surface area contributed by atoms with E-state index in [1.807, 2.05) is 0 Å². The third-order valence-electron chi connectivity index (χ3n) is 7.01. The van der Waals surface area contributed by atoms with Crippen molar-refractivity contribution in [2.45, 2.75) is 50.2 Å². The highest BCUT2D eigenvalue weighted by Gasteiger charge is 2.42. The Morgan fingerprint density at radius 2 is 1.56 bits per heavy atom. The number of nitrogens with zero attached hydrogens (tertiary/aromatic N) is 1. The first-order valence-corrected chi connectivity index (χ1v) is 12.1. The molecule has 0 radical (unpaired) electrons. The number of likely N-dealkylation sites (N-methyl/N-ethyl adjacent to an activating group) is 1. The van der Waals surface area contributed by atoms with Crippen LogP contribution in [0.1, 0.15) is 54.0 Å². The van der Waals surface area contributed by atoms with E-state index in [4.69, 9.17) is 4.74 Å². The highest BCUT2D eigenvalue weighted by molar-refractivity contribution is 6.21. The Morgan fingerprint density at radius 1 is 0.974 bits per heavy atom. The summed E-state index contributed by atoms with van der Waals surface area (Å²) >= 11 is 0. The lowest BCUT2D eigenvalue weighted by molar-refractivity contribution is -0.143. The molecule has 1 aliphatic heterocycles. The third kappa shape index (κ3) is 6.10. The number of hydrogen-bond donors (Lipinski definition) is 1. The molecule has 39 heavy (non-hydrogen) atoms. The van der Waals surface area contributed by atoms with Crippen LogP contribution in [-0.4, -0.2) is 42.8 Å². The monoisotopic (exact) mass is 558 g/mol. The molecule has 0 spiro atoms. The van der Waals surface area contributed by atoms with Gasteiger partial charge < -0.3 is 15.0 Å². The number of amides is 1. The third-order valence-corrected chi connectivity index (χ3v) is 7.01. The van der Waals surface area contributed by atoms with Gasteiger partial charge in [-0.2, -0.15) is 26.3 Å². The Kier molecular flexibility index (Phi) is 7.79. The zero-order valence-corrected chi connectivity index (χ0v) is 20.9. The topological polar surface area (TPSA) is 58.6 Å². The molecule has 0 aromatic heterocycles. The van der Waals surface area contributed by atoms with Crippen molar-refractivity contribution < 1.29 is 45.1 Å². The van der Waals surface area contributed by atoms with Crippen LogP contribution < -0.4 is 5.32 Å². The minimum Gasteiger partial charge on any atom is -0.371 e. The molecule has 0 saturated carbocycles. The number of benzene rings is 2. The number of rotatable bonds is 6. The Morgan fingerprint density at radius 3 is 2.10 bits per heavy atom. The second-order valence-corrected chi connectivity index (χ2v) is 9.54. The summed E-state index contributed by atoms with van der Waals surface area (Å²) in [7, 11) is 1.39. The Labute approximate surface area is 219 Å². The average Bonchev–Trinajstić information content (AvgIpc) is 3.46. The average molecular weight is 558 g/mol. The SMILES string of the molecule is CNC(=O)C1=C(N2C[C@H](OC(C)c3cc(C(F)(F)F)cc(C(F)(F)F)c3)[C@@H](c3ccc(F)cc3)C2)CCC1=O. The second kappa shape index (κ2) is 10.6. The number of allylic oxidation sites excluding steroid dienone is 1. The molecule has 1 unspecified atom stereocenters. The summed E-state index contributed by atoms with van der Waals surface area (Å²) < 4.78 is 100. The lowest BCUT2D eigenvalue weighted by Crippen LogP contribution is -2.29. The Bertz CT molecular complexity index is 1250. The predicted molar refractivity (Wildman–Crippen MR) is 126 cm³/mol. The zero-order chi connectivity index (χ0) is 28.7. The molecule has 1 heterocycles. The van der Waals surface area contributed by atoms with Crippen LogP contribution in [0.2, 0.25) is 0 Å². The van der Waals surface area contributed by atoms with Gasteiger partial charge in [0.25, 0.3) is 5.91 Å². The number of nitrogens with one attached hydrogen (secondary N) is 1. The van der Waals surface area contributed by atoms with Crippen molar-refractivity contribution in [2.75, 3.05) is 20.1 Å². The highest BCUT2D eigenvalue weighted by atomic mass is 19.4. The van der Waals surface area contributed by atoms with E-state index < -0.39 is 53.3 Å². The van der Waals surface area contributed by atoms with E-state index >= 15 is 0 Å². The summed E-state index contributed by atoms with van der Waals surface area (Å²) in [5.74, 6) is -1.85. The van der Waals surface area contributed by atoms with E-state index in [0.717, 1.165) is 0 Å². The van der Waals surface area contributed by atoms with Crippen LogP contribution in [0.4, 0.5) is 30.7 Å². The van der Waals surface area contributed by atoms with Gasteiger partial charge in [0.05, 0.1) is 23.3 Å². The lowest BCUT2D eigenvalue weighted by Gasteiger charge is -2.25. The maximum Gasteiger partial charge on any atom is 0.416 e. The van der Waals surface area contributed by atoms with Gasteiger partial charge in [0.2, 0.25) is 0 Å². The molecule has 4 rings (SSSR count). The van der Waals surface area contributed by atoms with E-state index in [0.29, 0.717) is 29.8 Å². The van der Waals surface area contributed by atoms with E-state index in [1.54, 1.807) is 4.90 Å². The smallest absolute Gasteiger partial charge is 0.371 e. The van der Waals surface area contributed by atoms with Crippen molar-refractivity contribution in [3.05, 3.63) is 81.8 Å². The molecule has 210 valence electrons. The predicted octanol–water partition coefficient (Wildman–Crippen LogP) is 5.77. The van der Waals surface area contributed by atoms with E-state index in [-0.39, 0.29) is 42.5 Å². The fourth-order valence-corrected chi connectivity index (χ4v) is 5.06. The van der Waals surface area contributed by atoms with Gasteiger partial charge in [-0.05, 0) is 54.8 Å². The molecule has 1 aliphatic carbocycles. The number of Topliss-reactive ketones (excluding diaryl/α,β-unsaturated/α-hetero) is 1.